The molecule has 0 heterocycles. The molecule has 0 radical (unpaired) electrons. The first-order valence-electron chi connectivity index (χ1n) is 4.60. The topological polar surface area (TPSA) is 17.1 Å². The molecule has 0 unspecified atom stereocenters. The van der Waals surface area contributed by atoms with E-state index in [2.05, 4.69) is 41.5 Å². The van der Waals surface area contributed by atoms with Crippen molar-refractivity contribution in [1.82, 2.24) is 0 Å². The second-order valence-electron chi connectivity index (χ2n) is 5.53. The minimum atomic E-state index is -0.851. The van der Waals surface area contributed by atoms with Gasteiger partial charge in [-0.15, -0.1) is 0 Å². The van der Waals surface area contributed by atoms with Crippen molar-refractivity contribution < 1.29 is 4.21 Å². The first kappa shape index (κ1) is 12.9. The van der Waals surface area contributed by atoms with Gasteiger partial charge in [-0.25, -0.2) is 0 Å². The Morgan fingerprint density at radius 2 is 1.31 bits per heavy atom. The lowest BCUT2D eigenvalue weighted by atomic mass is 9.73. The van der Waals surface area contributed by atoms with Crippen LogP contribution in [0.1, 0.15) is 41.5 Å². The van der Waals surface area contributed by atoms with Gasteiger partial charge in [0.1, 0.15) is 0 Å². The molecule has 0 N–H and O–H groups in total. The van der Waals surface area contributed by atoms with Crippen LogP contribution in [0.3, 0.4) is 0 Å². The quantitative estimate of drug-likeness (QED) is 0.637. The molecule has 1 atom stereocenters. The van der Waals surface area contributed by atoms with Gasteiger partial charge in [-0.2, -0.15) is 0 Å². The van der Waals surface area contributed by atoms with Gasteiger partial charge in [0.15, 0.2) is 0 Å². The highest BCUT2D eigenvalue weighted by molar-refractivity contribution is 7.87. The number of allylic oxidation sites excluding steroid dienone is 1. The van der Waals surface area contributed by atoms with Crippen LogP contribution in [0.4, 0.5) is 0 Å². The van der Waals surface area contributed by atoms with Crippen LogP contribution in [0.5, 0.6) is 0 Å². The van der Waals surface area contributed by atoms with Crippen molar-refractivity contribution in [2.45, 2.75) is 41.5 Å². The van der Waals surface area contributed by atoms with E-state index in [1.165, 1.54) is 5.57 Å². The van der Waals surface area contributed by atoms with Crippen LogP contribution >= 0.6 is 0 Å². The normalized spacial score (nSPS) is 15.3. The molecule has 0 saturated carbocycles. The van der Waals surface area contributed by atoms with Gasteiger partial charge in [-0.05, 0) is 10.8 Å². The van der Waals surface area contributed by atoms with Crippen molar-refractivity contribution in [3.05, 3.63) is 11.0 Å². The predicted molar refractivity (Wildman–Crippen MR) is 61.1 cm³/mol. The van der Waals surface area contributed by atoms with Gasteiger partial charge in [0, 0.05) is 22.5 Å². The zero-order chi connectivity index (χ0) is 10.9. The van der Waals surface area contributed by atoms with Gasteiger partial charge >= 0.3 is 0 Å². The molecule has 0 bridgehead atoms. The lowest BCUT2D eigenvalue weighted by Crippen LogP contribution is -2.22. The second kappa shape index (κ2) is 3.95. The van der Waals surface area contributed by atoms with Crippen LogP contribution < -0.4 is 0 Å². The van der Waals surface area contributed by atoms with Crippen molar-refractivity contribution in [2.24, 2.45) is 10.8 Å². The average molecular weight is 202 g/mol. The Morgan fingerprint density at radius 3 is 1.38 bits per heavy atom. The number of hydrogen-bond donors (Lipinski definition) is 0. The molecule has 0 aromatic rings. The van der Waals surface area contributed by atoms with Gasteiger partial charge < -0.3 is 0 Å². The summed E-state index contributed by atoms with van der Waals surface area (Å²) >= 11 is 0. The van der Waals surface area contributed by atoms with Gasteiger partial charge in [-0.1, -0.05) is 47.1 Å². The molecule has 0 spiro atoms. The Kier molecular flexibility index (Phi) is 3.92. The summed E-state index contributed by atoms with van der Waals surface area (Å²) in [6, 6.07) is 0. The van der Waals surface area contributed by atoms with Gasteiger partial charge in [0.2, 0.25) is 0 Å². The maximum absolute atomic E-state index is 11.2. The molecule has 0 aliphatic rings. The summed E-state index contributed by atoms with van der Waals surface area (Å²) in [6.07, 6.45) is 1.72. The molecule has 1 nitrogen and oxygen atoms in total. The highest BCUT2D eigenvalue weighted by atomic mass is 32.2. The molecule has 0 fully saturated rings. The minimum absolute atomic E-state index is 0.101. The summed E-state index contributed by atoms with van der Waals surface area (Å²) in [4.78, 5) is 0. The highest BCUT2D eigenvalue weighted by Gasteiger charge is 2.27. The van der Waals surface area contributed by atoms with Crippen molar-refractivity contribution in [3.8, 4) is 0 Å². The molecular formula is C11H22OS. The second-order valence-corrected chi connectivity index (χ2v) is 6.76. The van der Waals surface area contributed by atoms with E-state index < -0.39 is 10.8 Å². The summed E-state index contributed by atoms with van der Waals surface area (Å²) in [7, 11) is -0.851. The molecule has 0 aromatic carbocycles. The Bertz CT molecular complexity index is 209. The van der Waals surface area contributed by atoms with Gasteiger partial charge in [0.05, 0.1) is 0 Å². The molecule has 0 aliphatic carbocycles. The third kappa shape index (κ3) is 4.61. The zero-order valence-corrected chi connectivity index (χ0v) is 10.7. The Morgan fingerprint density at radius 1 is 1.00 bits per heavy atom. The standard InChI is InChI=1S/C11H22OS/c1-10(2,3)9(8-13(7)12)11(4,5)6/h8H,1-7H3/t13-/m1/s1. The monoisotopic (exact) mass is 202 g/mol. The summed E-state index contributed by atoms with van der Waals surface area (Å²) in [5.74, 6) is 0. The smallest absolute Gasteiger partial charge is 0.0424 e. The van der Waals surface area contributed by atoms with Crippen molar-refractivity contribution in [3.63, 3.8) is 0 Å². The maximum atomic E-state index is 11.2. The van der Waals surface area contributed by atoms with E-state index in [9.17, 15) is 4.21 Å². The Labute approximate surface area is 85.1 Å². The van der Waals surface area contributed by atoms with Crippen LogP contribution in [0.2, 0.25) is 0 Å². The van der Waals surface area contributed by atoms with Crippen molar-refractivity contribution in [2.75, 3.05) is 6.26 Å². The lowest BCUT2D eigenvalue weighted by molar-refractivity contribution is 0.363. The third-order valence-electron chi connectivity index (χ3n) is 1.90. The molecule has 0 rings (SSSR count). The van der Waals surface area contributed by atoms with E-state index >= 15 is 0 Å². The predicted octanol–water partition coefficient (Wildman–Crippen LogP) is 3.34. The molecule has 13 heavy (non-hydrogen) atoms. The van der Waals surface area contributed by atoms with Crippen LogP contribution in [-0.4, -0.2) is 10.5 Å². The van der Waals surface area contributed by atoms with Crippen LogP contribution in [0, 0.1) is 10.8 Å². The van der Waals surface area contributed by atoms with E-state index in [0.29, 0.717) is 0 Å². The fraction of sp³-hybridized carbons (Fsp3) is 0.818. The summed E-state index contributed by atoms with van der Waals surface area (Å²) in [5.41, 5.74) is 1.47. The average Bonchev–Trinajstić information content (AvgIpc) is 1.77. The molecule has 0 aromatic heterocycles. The van der Waals surface area contributed by atoms with Gasteiger partial charge in [-0.3, -0.25) is 4.21 Å². The lowest BCUT2D eigenvalue weighted by Gasteiger charge is -2.33. The molecule has 2 heteroatoms. The van der Waals surface area contributed by atoms with E-state index in [-0.39, 0.29) is 10.8 Å². The van der Waals surface area contributed by atoms with E-state index in [0.717, 1.165) is 0 Å². The molecule has 0 saturated heterocycles. The number of rotatable bonds is 1. The molecule has 0 amide bonds. The van der Waals surface area contributed by atoms with E-state index in [4.69, 9.17) is 0 Å². The Hall–Kier alpha value is -0.110. The van der Waals surface area contributed by atoms with Gasteiger partial charge in [0.25, 0.3) is 0 Å². The summed E-state index contributed by atoms with van der Waals surface area (Å²) < 4.78 is 11.2. The number of hydrogen-bond acceptors (Lipinski definition) is 1. The first-order valence-corrected chi connectivity index (χ1v) is 6.22. The fourth-order valence-corrected chi connectivity index (χ4v) is 2.68. The zero-order valence-electron chi connectivity index (χ0n) is 9.89. The van der Waals surface area contributed by atoms with E-state index in [1.54, 1.807) is 6.26 Å². The fourth-order valence-electron chi connectivity index (χ4n) is 1.64. The Balaban J connectivity index is 5.13. The van der Waals surface area contributed by atoms with Crippen molar-refractivity contribution >= 4 is 10.8 Å². The van der Waals surface area contributed by atoms with Crippen LogP contribution in [0.15, 0.2) is 11.0 Å². The molecular weight excluding hydrogens is 180 g/mol. The highest BCUT2D eigenvalue weighted by Crippen LogP contribution is 2.39. The van der Waals surface area contributed by atoms with Crippen LogP contribution in [-0.2, 0) is 10.8 Å². The minimum Gasteiger partial charge on any atom is -0.255 e. The molecule has 0 aliphatic heterocycles. The third-order valence-corrected chi connectivity index (χ3v) is 2.47. The van der Waals surface area contributed by atoms with Crippen LogP contribution in [0.25, 0.3) is 0 Å². The van der Waals surface area contributed by atoms with Crippen molar-refractivity contribution in [1.29, 1.82) is 0 Å². The maximum Gasteiger partial charge on any atom is 0.0424 e. The molecule has 78 valence electrons. The first-order chi connectivity index (χ1) is 5.55. The largest absolute Gasteiger partial charge is 0.255 e. The SMILES string of the molecule is C[S@@](=O)C=C(C(C)(C)C)C(C)(C)C. The summed E-state index contributed by atoms with van der Waals surface area (Å²) in [5, 5.41) is 1.89. The van der Waals surface area contributed by atoms with E-state index in [1.807, 2.05) is 5.41 Å². The summed E-state index contributed by atoms with van der Waals surface area (Å²) in [6.45, 7) is 13.0.